The van der Waals surface area contributed by atoms with Gasteiger partial charge in [-0.2, -0.15) is 0 Å². The van der Waals surface area contributed by atoms with Gasteiger partial charge in [-0.25, -0.2) is 0 Å². The van der Waals surface area contributed by atoms with Crippen LogP contribution in [-0.2, 0) is 6.54 Å². The van der Waals surface area contributed by atoms with Crippen LogP contribution in [0.2, 0.25) is 0 Å². The van der Waals surface area contributed by atoms with Crippen LogP contribution in [0.1, 0.15) is 45.6 Å². The average molecular weight is 293 g/mol. The van der Waals surface area contributed by atoms with Crippen molar-refractivity contribution < 1.29 is 14.6 Å². The first-order valence-corrected chi connectivity index (χ1v) is 7.66. The van der Waals surface area contributed by atoms with E-state index in [1.54, 1.807) is 7.11 Å². The molecule has 0 heterocycles. The topological polar surface area (TPSA) is 50.7 Å². The number of ether oxygens (including phenoxy) is 2. The SMILES string of the molecule is COc1cc(CNC(C)(C)C)ccc1OC1CCCC1O. The van der Waals surface area contributed by atoms with Gasteiger partial charge < -0.3 is 19.9 Å². The summed E-state index contributed by atoms with van der Waals surface area (Å²) in [5, 5.41) is 13.3. The largest absolute Gasteiger partial charge is 0.493 e. The van der Waals surface area contributed by atoms with Crippen LogP contribution in [0.3, 0.4) is 0 Å². The molecular formula is C17H27NO3. The van der Waals surface area contributed by atoms with E-state index >= 15 is 0 Å². The zero-order valence-corrected chi connectivity index (χ0v) is 13.5. The van der Waals surface area contributed by atoms with Crippen molar-refractivity contribution in [2.75, 3.05) is 7.11 Å². The van der Waals surface area contributed by atoms with Crippen molar-refractivity contribution in [1.29, 1.82) is 0 Å². The van der Waals surface area contributed by atoms with Crippen LogP contribution in [0.5, 0.6) is 11.5 Å². The van der Waals surface area contributed by atoms with Crippen molar-refractivity contribution in [1.82, 2.24) is 5.32 Å². The number of benzene rings is 1. The maximum absolute atomic E-state index is 9.87. The number of aliphatic hydroxyl groups is 1. The molecule has 1 aromatic rings. The second-order valence-electron chi connectivity index (χ2n) is 6.74. The molecule has 2 unspecified atom stereocenters. The summed E-state index contributed by atoms with van der Waals surface area (Å²) in [7, 11) is 1.65. The molecule has 1 aliphatic carbocycles. The molecule has 0 aromatic heterocycles. The molecule has 0 bridgehead atoms. The van der Waals surface area contributed by atoms with Crippen LogP contribution in [-0.4, -0.2) is 30.0 Å². The summed E-state index contributed by atoms with van der Waals surface area (Å²) in [5.41, 5.74) is 1.23. The predicted molar refractivity (Wildman–Crippen MR) is 83.9 cm³/mol. The van der Waals surface area contributed by atoms with E-state index in [0.29, 0.717) is 5.75 Å². The zero-order valence-electron chi connectivity index (χ0n) is 13.5. The summed E-state index contributed by atoms with van der Waals surface area (Å²) in [6, 6.07) is 5.97. The normalized spacial score (nSPS) is 22.3. The van der Waals surface area contributed by atoms with Crippen molar-refractivity contribution in [3.63, 3.8) is 0 Å². The number of aliphatic hydroxyl groups excluding tert-OH is 1. The fourth-order valence-electron chi connectivity index (χ4n) is 2.49. The molecule has 4 heteroatoms. The predicted octanol–water partition coefficient (Wildman–Crippen LogP) is 2.88. The number of hydrogen-bond donors (Lipinski definition) is 2. The molecule has 118 valence electrons. The lowest BCUT2D eigenvalue weighted by atomic mass is 10.1. The maximum atomic E-state index is 9.87. The Kier molecular flexibility index (Phi) is 5.12. The van der Waals surface area contributed by atoms with Gasteiger partial charge in [0.25, 0.3) is 0 Å². The summed E-state index contributed by atoms with van der Waals surface area (Å²) >= 11 is 0. The van der Waals surface area contributed by atoms with E-state index in [-0.39, 0.29) is 17.7 Å². The highest BCUT2D eigenvalue weighted by molar-refractivity contribution is 5.43. The lowest BCUT2D eigenvalue weighted by Gasteiger charge is -2.22. The molecule has 1 fully saturated rings. The van der Waals surface area contributed by atoms with Gasteiger partial charge in [0.05, 0.1) is 13.2 Å². The molecule has 1 aromatic carbocycles. The third-order valence-corrected chi connectivity index (χ3v) is 3.75. The van der Waals surface area contributed by atoms with Gasteiger partial charge in [0.2, 0.25) is 0 Å². The van der Waals surface area contributed by atoms with E-state index in [1.165, 1.54) is 0 Å². The summed E-state index contributed by atoms with van der Waals surface area (Å²) in [4.78, 5) is 0. The molecule has 2 atom stereocenters. The van der Waals surface area contributed by atoms with Gasteiger partial charge in [-0.05, 0) is 57.7 Å². The lowest BCUT2D eigenvalue weighted by molar-refractivity contribution is 0.0586. The summed E-state index contributed by atoms with van der Waals surface area (Å²) < 4.78 is 11.3. The molecule has 0 saturated heterocycles. The molecule has 1 saturated carbocycles. The Morgan fingerprint density at radius 1 is 1.24 bits per heavy atom. The minimum absolute atomic E-state index is 0.0797. The second kappa shape index (κ2) is 6.67. The van der Waals surface area contributed by atoms with Gasteiger partial charge in [-0.3, -0.25) is 0 Å². The van der Waals surface area contributed by atoms with E-state index in [9.17, 15) is 5.11 Å². The van der Waals surface area contributed by atoms with Gasteiger partial charge in [0.1, 0.15) is 6.10 Å². The van der Waals surface area contributed by atoms with Crippen molar-refractivity contribution in [2.45, 2.75) is 64.3 Å². The number of hydrogen-bond acceptors (Lipinski definition) is 4. The molecule has 4 nitrogen and oxygen atoms in total. The first-order chi connectivity index (χ1) is 9.89. The van der Waals surface area contributed by atoms with Crippen molar-refractivity contribution in [3.05, 3.63) is 23.8 Å². The monoisotopic (exact) mass is 293 g/mol. The molecular weight excluding hydrogens is 266 g/mol. The number of nitrogens with one attached hydrogen (secondary N) is 1. The fourth-order valence-corrected chi connectivity index (χ4v) is 2.49. The maximum Gasteiger partial charge on any atom is 0.161 e. The van der Waals surface area contributed by atoms with Crippen molar-refractivity contribution in [3.8, 4) is 11.5 Å². The smallest absolute Gasteiger partial charge is 0.161 e. The summed E-state index contributed by atoms with van der Waals surface area (Å²) in [5.74, 6) is 1.44. The Balaban J connectivity index is 2.05. The summed E-state index contributed by atoms with van der Waals surface area (Å²) in [6.07, 6.45) is 2.26. The third-order valence-electron chi connectivity index (χ3n) is 3.75. The molecule has 2 rings (SSSR count). The van der Waals surface area contributed by atoms with E-state index in [0.717, 1.165) is 37.1 Å². The Morgan fingerprint density at radius 3 is 2.57 bits per heavy atom. The van der Waals surface area contributed by atoms with Crippen LogP contribution >= 0.6 is 0 Å². The van der Waals surface area contributed by atoms with Crippen LogP contribution in [0.15, 0.2) is 18.2 Å². The van der Waals surface area contributed by atoms with Gasteiger partial charge in [0.15, 0.2) is 11.5 Å². The van der Waals surface area contributed by atoms with E-state index in [1.807, 2.05) is 18.2 Å². The van der Waals surface area contributed by atoms with Crippen LogP contribution in [0.25, 0.3) is 0 Å². The Morgan fingerprint density at radius 2 is 2.00 bits per heavy atom. The summed E-state index contributed by atoms with van der Waals surface area (Å²) in [6.45, 7) is 7.21. The van der Waals surface area contributed by atoms with Crippen molar-refractivity contribution in [2.24, 2.45) is 0 Å². The standard InChI is InChI=1S/C17H27NO3/c1-17(2,3)18-11-12-8-9-15(16(10-12)20-4)21-14-7-5-6-13(14)19/h8-10,13-14,18-19H,5-7,11H2,1-4H3. The minimum atomic E-state index is -0.364. The van der Waals surface area contributed by atoms with Gasteiger partial charge >= 0.3 is 0 Å². The van der Waals surface area contributed by atoms with Gasteiger partial charge in [0, 0.05) is 12.1 Å². The minimum Gasteiger partial charge on any atom is -0.493 e. The molecule has 0 radical (unpaired) electrons. The average Bonchev–Trinajstić information content (AvgIpc) is 2.82. The van der Waals surface area contributed by atoms with Crippen molar-refractivity contribution >= 4 is 0 Å². The zero-order chi connectivity index (χ0) is 15.5. The molecule has 1 aliphatic rings. The van der Waals surface area contributed by atoms with Crippen LogP contribution in [0, 0.1) is 0 Å². The Hall–Kier alpha value is -1.26. The highest BCUT2D eigenvalue weighted by Gasteiger charge is 2.27. The molecule has 0 aliphatic heterocycles. The van der Waals surface area contributed by atoms with E-state index < -0.39 is 0 Å². The highest BCUT2D eigenvalue weighted by Crippen LogP contribution is 2.32. The third kappa shape index (κ3) is 4.61. The van der Waals surface area contributed by atoms with Gasteiger partial charge in [-0.15, -0.1) is 0 Å². The Bertz CT molecular complexity index is 468. The number of rotatable bonds is 5. The lowest BCUT2D eigenvalue weighted by Crippen LogP contribution is -2.35. The van der Waals surface area contributed by atoms with Gasteiger partial charge in [-0.1, -0.05) is 6.07 Å². The Labute approximate surface area is 127 Å². The fraction of sp³-hybridized carbons (Fsp3) is 0.647. The van der Waals surface area contributed by atoms with E-state index in [4.69, 9.17) is 9.47 Å². The van der Waals surface area contributed by atoms with Crippen LogP contribution < -0.4 is 14.8 Å². The molecule has 21 heavy (non-hydrogen) atoms. The number of methoxy groups -OCH3 is 1. The first kappa shape index (κ1) is 16.1. The van der Waals surface area contributed by atoms with E-state index in [2.05, 4.69) is 26.1 Å². The first-order valence-electron chi connectivity index (χ1n) is 7.66. The quantitative estimate of drug-likeness (QED) is 0.876. The van der Waals surface area contributed by atoms with Crippen LogP contribution in [0.4, 0.5) is 0 Å². The highest BCUT2D eigenvalue weighted by atomic mass is 16.5. The molecule has 0 amide bonds. The second-order valence-corrected chi connectivity index (χ2v) is 6.74. The molecule has 2 N–H and O–H groups in total. The molecule has 0 spiro atoms.